The zero-order valence-corrected chi connectivity index (χ0v) is 16.9. The van der Waals surface area contributed by atoms with E-state index >= 15 is 0 Å². The molecule has 8 bridgehead atoms. The van der Waals surface area contributed by atoms with Crippen LogP contribution < -0.4 is 0 Å². The third-order valence-corrected chi connectivity index (χ3v) is 5.36. The van der Waals surface area contributed by atoms with E-state index in [-0.39, 0.29) is 0 Å². The van der Waals surface area contributed by atoms with Gasteiger partial charge in [-0.05, 0) is 84.5 Å². The molecule has 0 atom stereocenters. The van der Waals surface area contributed by atoms with Crippen molar-refractivity contribution in [3.8, 4) is 6.07 Å². The summed E-state index contributed by atoms with van der Waals surface area (Å²) in [7, 11) is 0. The molecular weight excluding hydrogens is 394 g/mol. The highest BCUT2D eigenvalue weighted by atomic mass is 14.8. The maximum atomic E-state index is 9.12. The lowest BCUT2D eigenvalue weighted by atomic mass is 10.00. The van der Waals surface area contributed by atoms with Crippen LogP contribution in [0.4, 0.5) is 0 Å². The molecule has 0 fully saturated rings. The molecule has 1 aromatic rings. The van der Waals surface area contributed by atoms with Gasteiger partial charge in [0, 0.05) is 5.57 Å². The van der Waals surface area contributed by atoms with Crippen molar-refractivity contribution in [2.24, 2.45) is 20.0 Å². The predicted octanol–water partition coefficient (Wildman–Crippen LogP) is 4.98. The van der Waals surface area contributed by atoms with Crippen molar-refractivity contribution in [3.63, 3.8) is 0 Å². The smallest absolute Gasteiger partial charge is 0.0991 e. The minimum atomic E-state index is 0.628. The van der Waals surface area contributed by atoms with Crippen LogP contribution in [0.15, 0.2) is 134 Å². The van der Waals surface area contributed by atoms with Gasteiger partial charge >= 0.3 is 0 Å². The summed E-state index contributed by atoms with van der Waals surface area (Å²) in [4.78, 5) is 18.9. The number of allylic oxidation sites excluding steroid dienone is 12. The van der Waals surface area contributed by atoms with Crippen LogP contribution in [0.2, 0.25) is 0 Å². The lowest BCUT2D eigenvalue weighted by Crippen LogP contribution is -1.96. The maximum absolute atomic E-state index is 9.12. The third kappa shape index (κ3) is 3.40. The van der Waals surface area contributed by atoms with Gasteiger partial charge in [-0.1, -0.05) is 12.1 Å². The van der Waals surface area contributed by atoms with E-state index in [9.17, 15) is 0 Å². The van der Waals surface area contributed by atoms with Gasteiger partial charge in [-0.2, -0.15) is 5.26 Å². The lowest BCUT2D eigenvalue weighted by Gasteiger charge is -2.04. The van der Waals surface area contributed by atoms with E-state index in [1.165, 1.54) is 0 Å². The number of benzene rings is 1. The summed E-state index contributed by atoms with van der Waals surface area (Å²) < 4.78 is 0. The number of nitrogens with zero attached hydrogens (tertiary/aromatic N) is 5. The van der Waals surface area contributed by atoms with Crippen molar-refractivity contribution in [2.45, 2.75) is 0 Å². The average Bonchev–Trinajstić information content (AvgIpc) is 3.59. The molecule has 5 heteroatoms. The van der Waals surface area contributed by atoms with Crippen LogP contribution in [-0.2, 0) is 0 Å². The summed E-state index contributed by atoms with van der Waals surface area (Å²) >= 11 is 0. The van der Waals surface area contributed by atoms with Crippen LogP contribution >= 0.6 is 0 Å². The number of aliphatic imine (C=N–C) groups is 4. The normalized spacial score (nSPS) is 19.9. The van der Waals surface area contributed by atoms with E-state index in [4.69, 9.17) is 15.2 Å². The molecule has 0 radical (unpaired) electrons. The molecule has 0 aliphatic carbocycles. The Morgan fingerprint density at radius 1 is 0.531 bits per heavy atom. The van der Waals surface area contributed by atoms with Gasteiger partial charge in [0.2, 0.25) is 0 Å². The van der Waals surface area contributed by atoms with Crippen LogP contribution in [0.5, 0.6) is 0 Å². The molecule has 0 saturated carbocycles. The molecule has 0 spiro atoms. The first-order valence-corrected chi connectivity index (χ1v) is 10.2. The Balaban J connectivity index is 1.49. The lowest BCUT2D eigenvalue weighted by molar-refractivity contribution is 1.41. The molecule has 6 rings (SSSR count). The average molecular weight is 409 g/mol. The van der Waals surface area contributed by atoms with Crippen LogP contribution in [0.25, 0.3) is 5.57 Å². The molecule has 148 valence electrons. The molecule has 0 saturated heterocycles. The maximum Gasteiger partial charge on any atom is 0.0991 e. The second-order valence-corrected chi connectivity index (χ2v) is 7.63. The highest BCUT2D eigenvalue weighted by Gasteiger charge is 2.18. The Labute approximate surface area is 185 Å². The van der Waals surface area contributed by atoms with Gasteiger partial charge in [0.1, 0.15) is 0 Å². The Kier molecular flexibility index (Phi) is 4.09. The monoisotopic (exact) mass is 409 g/mol. The molecule has 5 nitrogen and oxygen atoms in total. The van der Waals surface area contributed by atoms with Crippen molar-refractivity contribution in [2.75, 3.05) is 0 Å². The summed E-state index contributed by atoms with van der Waals surface area (Å²) in [5.41, 5.74) is 9.34. The van der Waals surface area contributed by atoms with E-state index in [2.05, 4.69) is 16.1 Å². The summed E-state index contributed by atoms with van der Waals surface area (Å²) in [5, 5.41) is 9.12. The number of hydrogen-bond donors (Lipinski definition) is 0. The Morgan fingerprint density at radius 2 is 1.06 bits per heavy atom. The quantitative estimate of drug-likeness (QED) is 0.645. The number of hydrogen-bond acceptors (Lipinski definition) is 5. The van der Waals surface area contributed by atoms with Crippen LogP contribution in [0.1, 0.15) is 11.1 Å². The molecule has 0 unspecified atom stereocenters. The van der Waals surface area contributed by atoms with Gasteiger partial charge in [-0.15, -0.1) is 0 Å². The zero-order valence-electron chi connectivity index (χ0n) is 16.9. The van der Waals surface area contributed by atoms with Crippen LogP contribution in [-0.4, -0.2) is 22.8 Å². The second kappa shape index (κ2) is 7.22. The largest absolute Gasteiger partial charge is 0.249 e. The van der Waals surface area contributed by atoms with Gasteiger partial charge in [0.05, 0.1) is 57.3 Å². The second-order valence-electron chi connectivity index (χ2n) is 7.63. The van der Waals surface area contributed by atoms with Crippen molar-refractivity contribution >= 4 is 28.4 Å². The van der Waals surface area contributed by atoms with Gasteiger partial charge in [-0.25, -0.2) is 20.0 Å². The molecule has 5 aliphatic heterocycles. The highest BCUT2D eigenvalue weighted by molar-refractivity contribution is 6.32. The number of nitriles is 1. The zero-order chi connectivity index (χ0) is 21.5. The standard InChI is InChI=1S/C27H15N5/c28-16-17-1-3-18(4-2-17)26-14-25-13-23-8-7-21(30-23)11-19-5-6-20(29-19)12-22-9-10-24(31-22)15-27(26)32-25/h1-15H. The van der Waals surface area contributed by atoms with E-state index in [0.717, 1.165) is 56.8 Å². The Morgan fingerprint density at radius 3 is 1.62 bits per heavy atom. The summed E-state index contributed by atoms with van der Waals surface area (Å²) in [6.45, 7) is 0. The first kappa shape index (κ1) is 18.1. The SMILES string of the molecule is N#Cc1ccc(C2=CC3=CC4=NC(=CC5=NC(=CC6=NC(=CC2=N3)C=C6)C=C5)C=C4)cc1. The number of rotatable bonds is 1. The van der Waals surface area contributed by atoms with Crippen molar-refractivity contribution in [3.05, 3.63) is 125 Å². The summed E-state index contributed by atoms with van der Waals surface area (Å²) in [6, 6.07) is 9.70. The van der Waals surface area contributed by atoms with Crippen molar-refractivity contribution < 1.29 is 0 Å². The minimum Gasteiger partial charge on any atom is -0.249 e. The Bertz CT molecular complexity index is 1480. The molecule has 5 aliphatic rings. The molecule has 1 aromatic carbocycles. The van der Waals surface area contributed by atoms with Gasteiger partial charge in [0.25, 0.3) is 0 Å². The molecule has 32 heavy (non-hydrogen) atoms. The summed E-state index contributed by atoms with van der Waals surface area (Å²) in [5.74, 6) is 0. The summed E-state index contributed by atoms with van der Waals surface area (Å²) in [6.07, 6.45) is 21.8. The molecule has 0 N–H and O–H groups in total. The van der Waals surface area contributed by atoms with E-state index in [0.29, 0.717) is 5.56 Å². The minimum absolute atomic E-state index is 0.628. The van der Waals surface area contributed by atoms with Gasteiger partial charge in [-0.3, -0.25) is 0 Å². The Hall–Kier alpha value is -4.69. The molecule has 5 heterocycles. The van der Waals surface area contributed by atoms with E-state index < -0.39 is 0 Å². The molecule has 0 amide bonds. The highest BCUT2D eigenvalue weighted by Crippen LogP contribution is 2.29. The molecular formula is C27H15N5. The van der Waals surface area contributed by atoms with Crippen LogP contribution in [0.3, 0.4) is 0 Å². The first-order chi connectivity index (χ1) is 15.7. The fourth-order valence-electron chi connectivity index (χ4n) is 3.85. The topological polar surface area (TPSA) is 73.2 Å². The van der Waals surface area contributed by atoms with E-state index in [1.54, 1.807) is 0 Å². The van der Waals surface area contributed by atoms with Crippen LogP contribution in [0, 0.1) is 11.3 Å². The first-order valence-electron chi connectivity index (χ1n) is 10.2. The van der Waals surface area contributed by atoms with Crippen molar-refractivity contribution in [1.29, 1.82) is 5.26 Å². The fourth-order valence-corrected chi connectivity index (χ4v) is 3.85. The third-order valence-electron chi connectivity index (χ3n) is 5.36. The predicted molar refractivity (Wildman–Crippen MR) is 129 cm³/mol. The van der Waals surface area contributed by atoms with Crippen molar-refractivity contribution in [1.82, 2.24) is 0 Å². The fraction of sp³-hybridized carbons (Fsp3) is 0. The molecule has 0 aromatic heterocycles. The van der Waals surface area contributed by atoms with Gasteiger partial charge in [0.15, 0.2) is 0 Å². The van der Waals surface area contributed by atoms with Gasteiger partial charge < -0.3 is 0 Å². The number of fused-ring (bicyclic) bond motifs is 4. The van der Waals surface area contributed by atoms with E-state index in [1.807, 2.05) is 91.1 Å².